The molecule has 2 atom stereocenters. The van der Waals surface area contributed by atoms with Gasteiger partial charge in [0.2, 0.25) is 5.91 Å². The molecule has 2 aromatic rings. The van der Waals surface area contributed by atoms with Gasteiger partial charge < -0.3 is 14.8 Å². The number of likely N-dealkylation sites (tertiary alicyclic amines) is 1. The van der Waals surface area contributed by atoms with Crippen LogP contribution in [0.15, 0.2) is 36.8 Å². The molecule has 2 heterocycles. The minimum absolute atomic E-state index is 0.0565. The molecule has 0 bridgehead atoms. The number of carbonyl (C=O) groups excluding carboxylic acids is 1. The second-order valence-corrected chi connectivity index (χ2v) is 7.89. The van der Waals surface area contributed by atoms with Gasteiger partial charge in [-0.3, -0.25) is 4.79 Å². The third-order valence-electron chi connectivity index (χ3n) is 5.87. The molecule has 1 aliphatic carbocycles. The van der Waals surface area contributed by atoms with Gasteiger partial charge in [0.05, 0.1) is 17.8 Å². The number of nitrogens with zero attached hydrogens (tertiary/aromatic N) is 3. The van der Waals surface area contributed by atoms with E-state index >= 15 is 0 Å². The quantitative estimate of drug-likeness (QED) is 0.893. The summed E-state index contributed by atoms with van der Waals surface area (Å²) in [7, 11) is 4.06. The predicted molar refractivity (Wildman–Crippen MR) is 97.1 cm³/mol. The lowest BCUT2D eigenvalue weighted by atomic mass is 9.93. The van der Waals surface area contributed by atoms with E-state index in [1.165, 1.54) is 6.07 Å². The first-order chi connectivity index (χ1) is 12.5. The van der Waals surface area contributed by atoms with Crippen LogP contribution in [0.25, 0.3) is 0 Å². The number of aryl methyl sites for hydroxylation is 1. The van der Waals surface area contributed by atoms with E-state index in [0.717, 1.165) is 31.6 Å². The molecule has 1 amide bonds. The van der Waals surface area contributed by atoms with Gasteiger partial charge in [0.25, 0.3) is 0 Å². The van der Waals surface area contributed by atoms with Crippen LogP contribution >= 0.6 is 0 Å². The summed E-state index contributed by atoms with van der Waals surface area (Å²) in [6.45, 7) is 1.71. The molecule has 1 aromatic heterocycles. The minimum Gasteiger partial charge on any atom is -0.351 e. The maximum absolute atomic E-state index is 14.0. The fraction of sp³-hybridized carbons (Fsp3) is 0.500. The summed E-state index contributed by atoms with van der Waals surface area (Å²) in [5.74, 6) is 0.0638. The minimum atomic E-state index is -0.444. The highest BCUT2D eigenvalue weighted by Crippen LogP contribution is 2.49. The summed E-state index contributed by atoms with van der Waals surface area (Å²) in [5.41, 5.74) is 1.32. The van der Waals surface area contributed by atoms with Gasteiger partial charge in [-0.15, -0.1) is 0 Å². The first-order valence-corrected chi connectivity index (χ1v) is 9.18. The molecule has 2 fully saturated rings. The lowest BCUT2D eigenvalue weighted by Crippen LogP contribution is -2.44. The molecule has 1 saturated carbocycles. The number of benzene rings is 1. The first kappa shape index (κ1) is 17.2. The number of hydrogen-bond donors (Lipinski definition) is 1. The second-order valence-electron chi connectivity index (χ2n) is 7.89. The number of amides is 1. The fourth-order valence-electron chi connectivity index (χ4n) is 4.13. The van der Waals surface area contributed by atoms with E-state index in [0.29, 0.717) is 12.0 Å². The van der Waals surface area contributed by atoms with Gasteiger partial charge in [0.1, 0.15) is 5.82 Å². The van der Waals surface area contributed by atoms with E-state index in [4.69, 9.17) is 0 Å². The number of imidazole rings is 1. The number of nitrogens with one attached hydrogen (secondary N) is 1. The van der Waals surface area contributed by atoms with Gasteiger partial charge in [-0.25, -0.2) is 9.37 Å². The van der Waals surface area contributed by atoms with E-state index in [2.05, 4.69) is 22.2 Å². The number of carbonyl (C=O) groups is 1. The first-order valence-electron chi connectivity index (χ1n) is 9.18. The molecule has 1 saturated heterocycles. The van der Waals surface area contributed by atoms with Gasteiger partial charge in [-0.2, -0.15) is 0 Å². The third-order valence-corrected chi connectivity index (χ3v) is 5.87. The normalized spacial score (nSPS) is 24.6. The summed E-state index contributed by atoms with van der Waals surface area (Å²) in [6, 6.07) is 6.82. The van der Waals surface area contributed by atoms with Crippen molar-refractivity contribution in [3.8, 4) is 0 Å². The average molecular weight is 356 g/mol. The lowest BCUT2D eigenvalue weighted by molar-refractivity contribution is -0.127. The smallest absolute Gasteiger partial charge is 0.226 e. The molecule has 138 valence electrons. The summed E-state index contributed by atoms with van der Waals surface area (Å²) in [6.07, 6.45) is 5.81. The number of halogens is 1. The highest BCUT2D eigenvalue weighted by Gasteiger charge is 2.51. The van der Waals surface area contributed by atoms with Gasteiger partial charge in [-0.05, 0) is 37.9 Å². The zero-order chi connectivity index (χ0) is 18.3. The van der Waals surface area contributed by atoms with Crippen LogP contribution in [0, 0.1) is 11.2 Å². The van der Waals surface area contributed by atoms with E-state index in [1.54, 1.807) is 18.5 Å². The Labute approximate surface area is 153 Å². The van der Waals surface area contributed by atoms with E-state index in [-0.39, 0.29) is 23.7 Å². The Bertz CT molecular complexity index is 814. The average Bonchev–Trinajstić information content (AvgIpc) is 3.13. The standard InChI is InChI=1S/C20H25FN4O/c1-24-11-15(18-10-22-13-25(18)2)17(12-24)23-19(26)20(7-8-20)9-14-5-3-4-6-16(14)21/h3-6,10,13,15,17H,7-9,11-12H2,1-2H3,(H,23,26)/t15-,17-/m1/s1. The Morgan fingerprint density at radius 2 is 2.08 bits per heavy atom. The Morgan fingerprint density at radius 3 is 2.73 bits per heavy atom. The van der Waals surface area contributed by atoms with Crippen molar-refractivity contribution in [3.63, 3.8) is 0 Å². The zero-order valence-corrected chi connectivity index (χ0v) is 15.3. The molecule has 2 aliphatic rings. The molecule has 1 aromatic carbocycles. The van der Waals surface area contributed by atoms with Gasteiger partial charge in [0.15, 0.2) is 0 Å². The molecular weight excluding hydrogens is 331 g/mol. The largest absolute Gasteiger partial charge is 0.351 e. The maximum Gasteiger partial charge on any atom is 0.226 e. The fourth-order valence-corrected chi connectivity index (χ4v) is 4.13. The summed E-state index contributed by atoms with van der Waals surface area (Å²) in [4.78, 5) is 19.5. The molecule has 0 unspecified atom stereocenters. The number of aromatic nitrogens is 2. The Balaban J connectivity index is 1.48. The van der Waals surface area contributed by atoms with E-state index in [9.17, 15) is 9.18 Å². The van der Waals surface area contributed by atoms with Crippen LogP contribution in [-0.2, 0) is 18.3 Å². The van der Waals surface area contributed by atoms with Crippen molar-refractivity contribution in [2.45, 2.75) is 31.2 Å². The highest BCUT2D eigenvalue weighted by atomic mass is 19.1. The van der Waals surface area contributed by atoms with Crippen molar-refractivity contribution in [3.05, 3.63) is 53.9 Å². The Kier molecular flexibility index (Phi) is 4.31. The molecular formula is C20H25FN4O. The Morgan fingerprint density at radius 1 is 1.31 bits per heavy atom. The zero-order valence-electron chi connectivity index (χ0n) is 15.3. The molecule has 1 aliphatic heterocycles. The van der Waals surface area contributed by atoms with Crippen LogP contribution in [0.3, 0.4) is 0 Å². The number of rotatable bonds is 5. The van der Waals surface area contributed by atoms with Crippen molar-refractivity contribution in [1.82, 2.24) is 19.8 Å². The van der Waals surface area contributed by atoms with Gasteiger partial charge in [0, 0.05) is 37.9 Å². The van der Waals surface area contributed by atoms with Crippen molar-refractivity contribution < 1.29 is 9.18 Å². The van der Waals surface area contributed by atoms with E-state index < -0.39 is 5.41 Å². The molecule has 5 nitrogen and oxygen atoms in total. The van der Waals surface area contributed by atoms with Crippen LogP contribution in [0.2, 0.25) is 0 Å². The van der Waals surface area contributed by atoms with Crippen molar-refractivity contribution in [2.24, 2.45) is 12.5 Å². The van der Waals surface area contributed by atoms with Crippen LogP contribution in [-0.4, -0.2) is 46.5 Å². The van der Waals surface area contributed by atoms with Crippen LogP contribution in [0.1, 0.15) is 30.0 Å². The second kappa shape index (κ2) is 6.50. The van der Waals surface area contributed by atoms with Crippen LogP contribution in [0.4, 0.5) is 4.39 Å². The summed E-state index contributed by atoms with van der Waals surface area (Å²) in [5, 5.41) is 3.27. The van der Waals surface area contributed by atoms with Crippen molar-refractivity contribution >= 4 is 5.91 Å². The monoisotopic (exact) mass is 356 g/mol. The molecule has 26 heavy (non-hydrogen) atoms. The van der Waals surface area contributed by atoms with Crippen LogP contribution < -0.4 is 5.32 Å². The maximum atomic E-state index is 14.0. The highest BCUT2D eigenvalue weighted by molar-refractivity contribution is 5.86. The van der Waals surface area contributed by atoms with Crippen LogP contribution in [0.5, 0.6) is 0 Å². The summed E-state index contributed by atoms with van der Waals surface area (Å²) < 4.78 is 16.0. The van der Waals surface area contributed by atoms with Crippen molar-refractivity contribution in [2.75, 3.05) is 20.1 Å². The number of hydrogen-bond acceptors (Lipinski definition) is 3. The molecule has 0 radical (unpaired) electrons. The molecule has 1 N–H and O–H groups in total. The SMILES string of the molecule is CN1C[C@@H](NC(=O)C2(Cc3ccccc3F)CC2)[C@H](c2cncn2C)C1. The molecule has 4 rings (SSSR count). The lowest BCUT2D eigenvalue weighted by Gasteiger charge is -2.24. The predicted octanol–water partition coefficient (Wildman–Crippen LogP) is 2.10. The topological polar surface area (TPSA) is 50.2 Å². The Hall–Kier alpha value is -2.21. The van der Waals surface area contributed by atoms with Gasteiger partial charge >= 0.3 is 0 Å². The van der Waals surface area contributed by atoms with E-state index in [1.807, 2.05) is 23.9 Å². The third kappa shape index (κ3) is 3.14. The molecule has 0 spiro atoms. The summed E-state index contributed by atoms with van der Waals surface area (Å²) >= 11 is 0. The molecule has 6 heteroatoms. The number of likely N-dealkylation sites (N-methyl/N-ethyl adjacent to an activating group) is 1. The van der Waals surface area contributed by atoms with Gasteiger partial charge in [-0.1, -0.05) is 18.2 Å². The van der Waals surface area contributed by atoms with Crippen molar-refractivity contribution in [1.29, 1.82) is 0 Å².